The molecule has 4 heteroatoms. The smallest absolute Gasteiger partial charge is 0.218 e. The summed E-state index contributed by atoms with van der Waals surface area (Å²) in [4.78, 5) is 4.04. The summed E-state index contributed by atoms with van der Waals surface area (Å²) in [6.07, 6.45) is 6.01. The molecule has 1 saturated carbocycles. The number of halogens is 1. The van der Waals surface area contributed by atoms with Crippen LogP contribution >= 0.6 is 0 Å². The van der Waals surface area contributed by atoms with Gasteiger partial charge in [0, 0.05) is 12.1 Å². The molecule has 18 heavy (non-hydrogen) atoms. The van der Waals surface area contributed by atoms with E-state index in [1.54, 1.807) is 0 Å². The van der Waals surface area contributed by atoms with Gasteiger partial charge in [0.25, 0.3) is 0 Å². The normalized spacial score (nSPS) is 14.8. The van der Waals surface area contributed by atoms with Crippen LogP contribution in [0.2, 0.25) is 0 Å². The molecular weight excluding hydrogens is 231 g/mol. The Morgan fingerprint density at radius 3 is 3.06 bits per heavy atom. The van der Waals surface area contributed by atoms with Gasteiger partial charge in [-0.1, -0.05) is 19.8 Å². The molecule has 0 atom stereocenters. The Kier molecular flexibility index (Phi) is 4.93. The third kappa shape index (κ3) is 4.26. The summed E-state index contributed by atoms with van der Waals surface area (Å²) in [5.41, 5.74) is 0.805. The van der Waals surface area contributed by atoms with Crippen LogP contribution in [0.4, 0.5) is 4.39 Å². The van der Waals surface area contributed by atoms with E-state index < -0.39 is 0 Å². The Bertz CT molecular complexity index is 380. The molecule has 0 aliphatic heterocycles. The quantitative estimate of drug-likeness (QED) is 0.722. The van der Waals surface area contributed by atoms with Crippen LogP contribution in [0.3, 0.4) is 0 Å². The average molecular weight is 252 g/mol. The first kappa shape index (κ1) is 13.3. The SMILES string of the molecule is CCCNCc1cc(F)cnc1OCCC1CC1. The van der Waals surface area contributed by atoms with E-state index in [9.17, 15) is 4.39 Å². The first-order valence-electron chi connectivity index (χ1n) is 6.77. The number of nitrogens with zero attached hydrogens (tertiary/aromatic N) is 1. The van der Waals surface area contributed by atoms with Gasteiger partial charge < -0.3 is 10.1 Å². The molecule has 1 N–H and O–H groups in total. The highest BCUT2D eigenvalue weighted by Crippen LogP contribution is 2.32. The van der Waals surface area contributed by atoms with Crippen molar-refractivity contribution in [3.63, 3.8) is 0 Å². The lowest BCUT2D eigenvalue weighted by Gasteiger charge is -2.10. The van der Waals surface area contributed by atoms with Crippen molar-refractivity contribution in [3.05, 3.63) is 23.6 Å². The molecule has 0 amide bonds. The van der Waals surface area contributed by atoms with E-state index in [-0.39, 0.29) is 5.82 Å². The van der Waals surface area contributed by atoms with Gasteiger partial charge in [0.2, 0.25) is 5.88 Å². The van der Waals surface area contributed by atoms with E-state index in [4.69, 9.17) is 4.74 Å². The lowest BCUT2D eigenvalue weighted by atomic mass is 10.2. The Labute approximate surface area is 108 Å². The Balaban J connectivity index is 1.88. The molecule has 1 heterocycles. The highest BCUT2D eigenvalue weighted by molar-refractivity contribution is 5.26. The van der Waals surface area contributed by atoms with E-state index in [1.165, 1.54) is 25.1 Å². The van der Waals surface area contributed by atoms with Gasteiger partial charge in [-0.3, -0.25) is 0 Å². The standard InChI is InChI=1S/C14H21FN2O/c1-2-6-16-9-12-8-13(15)10-17-14(12)18-7-5-11-3-4-11/h8,10-11,16H,2-7,9H2,1H3. The summed E-state index contributed by atoms with van der Waals surface area (Å²) < 4.78 is 18.8. The van der Waals surface area contributed by atoms with Crippen LogP contribution in [-0.2, 0) is 6.54 Å². The van der Waals surface area contributed by atoms with Gasteiger partial charge in [0.1, 0.15) is 5.82 Å². The zero-order chi connectivity index (χ0) is 12.8. The second kappa shape index (κ2) is 6.69. The number of ether oxygens (including phenoxy) is 1. The summed E-state index contributed by atoms with van der Waals surface area (Å²) in [5.74, 6) is 1.10. The molecule has 3 nitrogen and oxygen atoms in total. The molecule has 1 aromatic rings. The van der Waals surface area contributed by atoms with Crippen LogP contribution < -0.4 is 10.1 Å². The molecule has 0 radical (unpaired) electrons. The van der Waals surface area contributed by atoms with Crippen molar-refractivity contribution in [2.45, 2.75) is 39.2 Å². The van der Waals surface area contributed by atoms with Gasteiger partial charge in [0.05, 0.1) is 12.8 Å². The van der Waals surface area contributed by atoms with Crippen LogP contribution in [-0.4, -0.2) is 18.1 Å². The minimum atomic E-state index is -0.308. The number of aromatic nitrogens is 1. The fraction of sp³-hybridized carbons (Fsp3) is 0.643. The summed E-state index contributed by atoms with van der Waals surface area (Å²) in [6, 6.07) is 1.50. The Hall–Kier alpha value is -1.16. The second-order valence-corrected chi connectivity index (χ2v) is 4.88. The molecular formula is C14H21FN2O. The monoisotopic (exact) mass is 252 g/mol. The molecule has 2 rings (SSSR count). The number of rotatable bonds is 8. The van der Waals surface area contributed by atoms with E-state index in [1.807, 2.05) is 0 Å². The molecule has 100 valence electrons. The van der Waals surface area contributed by atoms with E-state index in [2.05, 4.69) is 17.2 Å². The zero-order valence-electron chi connectivity index (χ0n) is 10.9. The van der Waals surface area contributed by atoms with Crippen LogP contribution in [0.1, 0.15) is 38.2 Å². The molecule has 1 aromatic heterocycles. The maximum Gasteiger partial charge on any atom is 0.218 e. The molecule has 0 bridgehead atoms. The largest absolute Gasteiger partial charge is 0.477 e. The van der Waals surface area contributed by atoms with Crippen molar-refractivity contribution < 1.29 is 9.13 Å². The predicted octanol–water partition coefficient (Wildman–Crippen LogP) is 2.90. The molecule has 0 saturated heterocycles. The molecule has 0 spiro atoms. The van der Waals surface area contributed by atoms with Crippen molar-refractivity contribution in [2.75, 3.05) is 13.2 Å². The third-order valence-corrected chi connectivity index (χ3v) is 3.10. The van der Waals surface area contributed by atoms with Crippen molar-refractivity contribution in [3.8, 4) is 5.88 Å². The van der Waals surface area contributed by atoms with Gasteiger partial charge in [0.15, 0.2) is 0 Å². The van der Waals surface area contributed by atoms with Crippen molar-refractivity contribution in [1.82, 2.24) is 10.3 Å². The maximum atomic E-state index is 13.2. The number of pyridine rings is 1. The Morgan fingerprint density at radius 2 is 2.33 bits per heavy atom. The zero-order valence-corrected chi connectivity index (χ0v) is 10.9. The summed E-state index contributed by atoms with van der Waals surface area (Å²) >= 11 is 0. The van der Waals surface area contributed by atoms with Gasteiger partial charge in [-0.05, 0) is 31.4 Å². The minimum absolute atomic E-state index is 0.308. The second-order valence-electron chi connectivity index (χ2n) is 4.88. The lowest BCUT2D eigenvalue weighted by molar-refractivity contribution is 0.286. The van der Waals surface area contributed by atoms with Gasteiger partial charge >= 0.3 is 0 Å². The third-order valence-electron chi connectivity index (χ3n) is 3.10. The average Bonchev–Trinajstić information content (AvgIpc) is 3.16. The lowest BCUT2D eigenvalue weighted by Crippen LogP contribution is -2.15. The van der Waals surface area contributed by atoms with Crippen molar-refractivity contribution in [1.29, 1.82) is 0 Å². The summed E-state index contributed by atoms with van der Waals surface area (Å²) in [7, 11) is 0. The molecule has 0 aromatic carbocycles. The van der Waals surface area contributed by atoms with Gasteiger partial charge in [-0.2, -0.15) is 0 Å². The summed E-state index contributed by atoms with van der Waals surface area (Å²) in [5, 5.41) is 3.24. The fourth-order valence-electron chi connectivity index (χ4n) is 1.85. The van der Waals surface area contributed by atoms with Gasteiger partial charge in [-0.25, -0.2) is 9.37 Å². The van der Waals surface area contributed by atoms with Crippen molar-refractivity contribution in [2.24, 2.45) is 5.92 Å². The number of hydrogen-bond acceptors (Lipinski definition) is 3. The molecule has 0 unspecified atom stereocenters. The summed E-state index contributed by atoms with van der Waals surface area (Å²) in [6.45, 7) is 4.31. The highest BCUT2D eigenvalue weighted by atomic mass is 19.1. The van der Waals surface area contributed by atoms with Gasteiger partial charge in [-0.15, -0.1) is 0 Å². The maximum absolute atomic E-state index is 13.2. The molecule has 1 fully saturated rings. The van der Waals surface area contributed by atoms with Crippen LogP contribution in [0.25, 0.3) is 0 Å². The predicted molar refractivity (Wildman–Crippen MR) is 69.0 cm³/mol. The van der Waals surface area contributed by atoms with E-state index in [0.717, 1.165) is 30.9 Å². The molecule has 1 aliphatic carbocycles. The number of nitrogens with one attached hydrogen (secondary N) is 1. The topological polar surface area (TPSA) is 34.2 Å². The van der Waals surface area contributed by atoms with Crippen molar-refractivity contribution >= 4 is 0 Å². The Morgan fingerprint density at radius 1 is 1.50 bits per heavy atom. The fourth-order valence-corrected chi connectivity index (χ4v) is 1.85. The highest BCUT2D eigenvalue weighted by Gasteiger charge is 2.21. The minimum Gasteiger partial charge on any atom is -0.477 e. The van der Waals surface area contributed by atoms with Crippen LogP contribution in [0.5, 0.6) is 5.88 Å². The first-order valence-corrected chi connectivity index (χ1v) is 6.77. The molecule has 1 aliphatic rings. The van der Waals surface area contributed by atoms with E-state index in [0.29, 0.717) is 19.0 Å². The number of hydrogen-bond donors (Lipinski definition) is 1. The van der Waals surface area contributed by atoms with Crippen LogP contribution in [0, 0.1) is 11.7 Å². The van der Waals surface area contributed by atoms with E-state index >= 15 is 0 Å². The van der Waals surface area contributed by atoms with Crippen LogP contribution in [0.15, 0.2) is 12.3 Å². The first-order chi connectivity index (χ1) is 8.79.